The van der Waals surface area contributed by atoms with E-state index in [1.165, 1.54) is 0 Å². The molecule has 1 heterocycles. The lowest BCUT2D eigenvalue weighted by atomic mass is 10.2. The smallest absolute Gasteiger partial charge is 0.258 e. The first-order chi connectivity index (χ1) is 9.41. The molecule has 1 aromatic heterocycles. The van der Waals surface area contributed by atoms with Gasteiger partial charge in [0, 0.05) is 6.20 Å². The number of hydrogen-bond donors (Lipinski definition) is 2. The van der Waals surface area contributed by atoms with E-state index in [0.717, 1.165) is 18.3 Å². The lowest BCUT2D eigenvalue weighted by Gasteiger charge is -2.08. The van der Waals surface area contributed by atoms with Crippen molar-refractivity contribution >= 4 is 17.4 Å². The molecule has 0 aliphatic rings. The fourth-order valence-corrected chi connectivity index (χ4v) is 1.45. The molecule has 1 aromatic carbocycles. The molecule has 0 saturated heterocycles. The maximum Gasteiger partial charge on any atom is 0.258 e. The predicted octanol–water partition coefficient (Wildman–Crippen LogP) is 2.47. The highest BCUT2D eigenvalue weighted by Gasteiger charge is 2.19. The average Bonchev–Trinajstić information content (AvgIpc) is 2.42. The van der Waals surface area contributed by atoms with E-state index >= 15 is 0 Å². The van der Waals surface area contributed by atoms with Gasteiger partial charge in [-0.1, -0.05) is 0 Å². The lowest BCUT2D eigenvalue weighted by Crippen LogP contribution is -2.16. The molecule has 2 rings (SSSR count). The van der Waals surface area contributed by atoms with E-state index in [1.54, 1.807) is 0 Å². The number of carbonyl (C=O) groups is 1. The first kappa shape index (κ1) is 13.8. The van der Waals surface area contributed by atoms with Crippen LogP contribution >= 0.6 is 0 Å². The van der Waals surface area contributed by atoms with Crippen LogP contribution in [0.4, 0.5) is 29.1 Å². The van der Waals surface area contributed by atoms with Gasteiger partial charge >= 0.3 is 0 Å². The van der Waals surface area contributed by atoms with Crippen LogP contribution in [0.1, 0.15) is 10.4 Å². The molecule has 2 aromatic rings. The number of amides is 1. The zero-order valence-electron chi connectivity index (χ0n) is 9.75. The number of rotatable bonds is 2. The van der Waals surface area contributed by atoms with Crippen LogP contribution < -0.4 is 11.1 Å². The molecular weight excluding hydrogens is 278 g/mol. The van der Waals surface area contributed by atoms with E-state index in [4.69, 9.17) is 5.73 Å². The number of benzene rings is 1. The number of nitrogens with zero attached hydrogens (tertiary/aromatic N) is 1. The Kier molecular flexibility index (Phi) is 3.55. The molecule has 8 heteroatoms. The number of nitrogens with two attached hydrogens (primary N) is 1. The van der Waals surface area contributed by atoms with Crippen LogP contribution in [0.3, 0.4) is 0 Å². The zero-order chi connectivity index (χ0) is 14.9. The van der Waals surface area contributed by atoms with Gasteiger partial charge in [0.25, 0.3) is 5.91 Å². The number of hydrogen-bond acceptors (Lipinski definition) is 3. The highest BCUT2D eigenvalue weighted by atomic mass is 19.2. The van der Waals surface area contributed by atoms with Crippen molar-refractivity contribution in [3.05, 3.63) is 53.2 Å². The summed E-state index contributed by atoms with van der Waals surface area (Å²) in [5.41, 5.74) is 4.06. The molecule has 0 bridgehead atoms. The second kappa shape index (κ2) is 5.16. The van der Waals surface area contributed by atoms with Crippen molar-refractivity contribution in [1.29, 1.82) is 0 Å². The topological polar surface area (TPSA) is 68.0 Å². The molecule has 0 atom stereocenters. The predicted molar refractivity (Wildman–Crippen MR) is 62.9 cm³/mol. The third-order valence-electron chi connectivity index (χ3n) is 2.44. The summed E-state index contributed by atoms with van der Waals surface area (Å²) in [5.74, 6) is -7.39. The normalized spacial score (nSPS) is 10.4. The van der Waals surface area contributed by atoms with E-state index < -0.39 is 46.2 Å². The van der Waals surface area contributed by atoms with Crippen LogP contribution in [0.5, 0.6) is 0 Å². The van der Waals surface area contributed by atoms with Crippen molar-refractivity contribution in [3.8, 4) is 0 Å². The average molecular weight is 285 g/mol. The highest BCUT2D eigenvalue weighted by Crippen LogP contribution is 2.21. The number of nitrogen functional groups attached to an aromatic ring is 1. The summed E-state index contributed by atoms with van der Waals surface area (Å²) in [5, 5.41) is 1.92. The Bertz CT molecular complexity index is 691. The number of aromatic nitrogens is 1. The van der Waals surface area contributed by atoms with Gasteiger partial charge < -0.3 is 11.1 Å². The SMILES string of the molecule is Nc1nccc(C(=O)Nc2ccc(F)c(F)c2F)c1F. The minimum absolute atomic E-state index is 0.498. The van der Waals surface area contributed by atoms with Crippen molar-refractivity contribution in [2.24, 2.45) is 0 Å². The third-order valence-corrected chi connectivity index (χ3v) is 2.44. The number of carbonyl (C=O) groups excluding carboxylic acids is 1. The molecule has 0 aliphatic heterocycles. The van der Waals surface area contributed by atoms with Gasteiger partial charge in [-0.25, -0.2) is 22.5 Å². The summed E-state index contributed by atoms with van der Waals surface area (Å²) in [6, 6.07) is 2.46. The quantitative estimate of drug-likeness (QED) is 0.658. The molecule has 0 fully saturated rings. The fraction of sp³-hybridized carbons (Fsp3) is 0. The fourth-order valence-electron chi connectivity index (χ4n) is 1.45. The summed E-state index contributed by atoms with van der Waals surface area (Å²) in [6.45, 7) is 0. The van der Waals surface area contributed by atoms with Gasteiger partial charge in [-0.15, -0.1) is 0 Å². The Morgan fingerprint density at radius 3 is 2.45 bits per heavy atom. The molecule has 0 unspecified atom stereocenters. The van der Waals surface area contributed by atoms with E-state index in [9.17, 15) is 22.4 Å². The number of anilines is 2. The van der Waals surface area contributed by atoms with E-state index in [2.05, 4.69) is 4.98 Å². The summed E-state index contributed by atoms with van der Waals surface area (Å²) in [7, 11) is 0. The maximum absolute atomic E-state index is 13.5. The monoisotopic (exact) mass is 285 g/mol. The number of halogens is 4. The maximum atomic E-state index is 13.5. The third kappa shape index (κ3) is 2.40. The zero-order valence-corrected chi connectivity index (χ0v) is 9.75. The van der Waals surface area contributed by atoms with Gasteiger partial charge in [-0.05, 0) is 18.2 Å². The standard InChI is InChI=1S/C12H7F4N3O/c13-6-1-2-7(10(16)9(6)15)19-12(20)5-3-4-18-11(17)8(5)14/h1-4H,(H2,17,18)(H,19,20). The highest BCUT2D eigenvalue weighted by molar-refractivity contribution is 6.04. The Balaban J connectivity index is 2.33. The summed E-state index contributed by atoms with van der Waals surface area (Å²) in [4.78, 5) is 15.1. The van der Waals surface area contributed by atoms with Crippen LogP contribution in [-0.4, -0.2) is 10.9 Å². The largest absolute Gasteiger partial charge is 0.381 e. The van der Waals surface area contributed by atoms with Gasteiger partial charge in [0.15, 0.2) is 29.1 Å². The Morgan fingerprint density at radius 1 is 1.05 bits per heavy atom. The molecule has 20 heavy (non-hydrogen) atoms. The van der Waals surface area contributed by atoms with Crippen LogP contribution in [0.15, 0.2) is 24.4 Å². The first-order valence-electron chi connectivity index (χ1n) is 5.26. The van der Waals surface area contributed by atoms with E-state index in [-0.39, 0.29) is 0 Å². The van der Waals surface area contributed by atoms with Gasteiger partial charge in [-0.2, -0.15) is 0 Å². The molecule has 0 spiro atoms. The lowest BCUT2D eigenvalue weighted by molar-refractivity contribution is 0.102. The summed E-state index contributed by atoms with van der Waals surface area (Å²) < 4.78 is 52.6. The van der Waals surface area contributed by atoms with Crippen LogP contribution in [0, 0.1) is 23.3 Å². The Hall–Kier alpha value is -2.64. The van der Waals surface area contributed by atoms with Crippen LogP contribution in [0.2, 0.25) is 0 Å². The second-order valence-electron chi connectivity index (χ2n) is 3.73. The van der Waals surface area contributed by atoms with Crippen molar-refractivity contribution < 1.29 is 22.4 Å². The van der Waals surface area contributed by atoms with Crippen LogP contribution in [-0.2, 0) is 0 Å². The molecule has 0 aliphatic carbocycles. The number of nitrogens with one attached hydrogen (secondary N) is 1. The van der Waals surface area contributed by atoms with Crippen molar-refractivity contribution in [3.63, 3.8) is 0 Å². The minimum Gasteiger partial charge on any atom is -0.381 e. The summed E-state index contributed by atoms with van der Waals surface area (Å²) in [6.07, 6.45) is 1.08. The number of pyridine rings is 1. The first-order valence-corrected chi connectivity index (χ1v) is 5.26. The second-order valence-corrected chi connectivity index (χ2v) is 3.73. The Morgan fingerprint density at radius 2 is 1.75 bits per heavy atom. The van der Waals surface area contributed by atoms with Crippen LogP contribution in [0.25, 0.3) is 0 Å². The Labute approximate surface area is 110 Å². The molecule has 104 valence electrons. The minimum atomic E-state index is -1.74. The van der Waals surface area contributed by atoms with Gasteiger partial charge in [-0.3, -0.25) is 4.79 Å². The van der Waals surface area contributed by atoms with E-state index in [1.807, 2.05) is 5.32 Å². The van der Waals surface area contributed by atoms with Gasteiger partial charge in [0.1, 0.15) is 0 Å². The van der Waals surface area contributed by atoms with E-state index in [0.29, 0.717) is 6.07 Å². The van der Waals surface area contributed by atoms with Crippen molar-refractivity contribution in [2.75, 3.05) is 11.1 Å². The van der Waals surface area contributed by atoms with Crippen molar-refractivity contribution in [2.45, 2.75) is 0 Å². The van der Waals surface area contributed by atoms with Gasteiger partial charge in [0.05, 0.1) is 11.3 Å². The van der Waals surface area contributed by atoms with Gasteiger partial charge in [0.2, 0.25) is 0 Å². The summed E-state index contributed by atoms with van der Waals surface area (Å²) >= 11 is 0. The van der Waals surface area contributed by atoms with Crippen molar-refractivity contribution in [1.82, 2.24) is 4.98 Å². The molecular formula is C12H7F4N3O. The molecule has 0 radical (unpaired) electrons. The molecule has 1 amide bonds. The molecule has 0 saturated carbocycles. The molecule has 3 N–H and O–H groups in total. The molecule has 4 nitrogen and oxygen atoms in total.